The molecule has 1 amide bonds. The first kappa shape index (κ1) is 16.6. The SMILES string of the molecule is CCC1(CNC2CCCN(C(=O)OC(C)(C)C)CC2)CC1. The Kier molecular flexibility index (Phi) is 5.18. The second-order valence-electron chi connectivity index (χ2n) is 7.83. The number of likely N-dealkylation sites (tertiary alicyclic amines) is 1. The van der Waals surface area contributed by atoms with E-state index < -0.39 is 5.60 Å². The first-order chi connectivity index (χ1) is 9.84. The van der Waals surface area contributed by atoms with Crippen LogP contribution in [-0.2, 0) is 4.74 Å². The Labute approximate surface area is 129 Å². The summed E-state index contributed by atoms with van der Waals surface area (Å²) in [6.07, 6.45) is 7.17. The number of amides is 1. The van der Waals surface area contributed by atoms with E-state index in [1.54, 1.807) is 0 Å². The van der Waals surface area contributed by atoms with Crippen LogP contribution in [0.2, 0.25) is 0 Å². The van der Waals surface area contributed by atoms with Gasteiger partial charge < -0.3 is 15.0 Å². The monoisotopic (exact) mass is 296 g/mol. The maximum absolute atomic E-state index is 12.1. The van der Waals surface area contributed by atoms with Gasteiger partial charge in [-0.2, -0.15) is 0 Å². The third kappa shape index (κ3) is 5.17. The standard InChI is InChI=1S/C17H32N2O2/c1-5-17(9-10-17)13-18-14-7-6-11-19(12-8-14)15(20)21-16(2,3)4/h14,18H,5-13H2,1-4H3. The molecule has 4 heteroatoms. The maximum atomic E-state index is 12.1. The molecule has 1 atom stereocenters. The van der Waals surface area contributed by atoms with E-state index in [2.05, 4.69) is 12.2 Å². The molecule has 1 aliphatic carbocycles. The van der Waals surface area contributed by atoms with Gasteiger partial charge >= 0.3 is 6.09 Å². The van der Waals surface area contributed by atoms with Gasteiger partial charge in [0.1, 0.15) is 5.60 Å². The lowest BCUT2D eigenvalue weighted by Gasteiger charge is -2.26. The molecule has 1 unspecified atom stereocenters. The molecule has 122 valence electrons. The minimum atomic E-state index is -0.402. The third-order valence-corrected chi connectivity index (χ3v) is 4.85. The van der Waals surface area contributed by atoms with Crippen LogP contribution in [0.4, 0.5) is 4.79 Å². The number of nitrogens with zero attached hydrogens (tertiary/aromatic N) is 1. The smallest absolute Gasteiger partial charge is 0.410 e. The number of hydrogen-bond acceptors (Lipinski definition) is 3. The maximum Gasteiger partial charge on any atom is 0.410 e. The quantitative estimate of drug-likeness (QED) is 0.862. The van der Waals surface area contributed by atoms with E-state index in [9.17, 15) is 4.79 Å². The minimum Gasteiger partial charge on any atom is -0.444 e. The fourth-order valence-electron chi connectivity index (χ4n) is 3.00. The van der Waals surface area contributed by atoms with Gasteiger partial charge in [-0.15, -0.1) is 0 Å². The van der Waals surface area contributed by atoms with E-state index in [1.165, 1.54) is 25.7 Å². The van der Waals surface area contributed by atoms with Crippen molar-refractivity contribution in [1.82, 2.24) is 10.2 Å². The predicted molar refractivity (Wildman–Crippen MR) is 85.4 cm³/mol. The van der Waals surface area contributed by atoms with Crippen molar-refractivity contribution in [2.45, 2.75) is 77.9 Å². The second kappa shape index (κ2) is 6.55. The molecule has 1 saturated heterocycles. The number of carbonyl (C=O) groups is 1. The molecule has 2 rings (SSSR count). The van der Waals surface area contributed by atoms with Gasteiger partial charge in [0, 0.05) is 25.7 Å². The molecule has 0 spiro atoms. The van der Waals surface area contributed by atoms with Crippen LogP contribution >= 0.6 is 0 Å². The molecule has 0 bridgehead atoms. The van der Waals surface area contributed by atoms with E-state index in [0.29, 0.717) is 11.5 Å². The third-order valence-electron chi connectivity index (χ3n) is 4.85. The normalized spacial score (nSPS) is 25.3. The van der Waals surface area contributed by atoms with E-state index in [-0.39, 0.29) is 6.09 Å². The molecule has 1 heterocycles. The zero-order valence-electron chi connectivity index (χ0n) is 14.2. The van der Waals surface area contributed by atoms with Gasteiger partial charge in [0.25, 0.3) is 0 Å². The molecule has 1 saturated carbocycles. The van der Waals surface area contributed by atoms with Crippen LogP contribution in [0.1, 0.15) is 66.2 Å². The molecular weight excluding hydrogens is 264 g/mol. The fraction of sp³-hybridized carbons (Fsp3) is 0.941. The molecule has 0 aromatic rings. The summed E-state index contributed by atoms with van der Waals surface area (Å²) in [5, 5.41) is 3.74. The Balaban J connectivity index is 1.75. The number of rotatable bonds is 4. The summed E-state index contributed by atoms with van der Waals surface area (Å²) >= 11 is 0. The van der Waals surface area contributed by atoms with Gasteiger partial charge in [-0.05, 0) is 64.7 Å². The molecule has 0 radical (unpaired) electrons. The summed E-state index contributed by atoms with van der Waals surface area (Å²) in [7, 11) is 0. The van der Waals surface area contributed by atoms with Crippen molar-refractivity contribution >= 4 is 6.09 Å². The number of hydrogen-bond donors (Lipinski definition) is 1. The molecule has 2 aliphatic rings. The van der Waals surface area contributed by atoms with Crippen LogP contribution < -0.4 is 5.32 Å². The molecule has 21 heavy (non-hydrogen) atoms. The molecule has 1 N–H and O–H groups in total. The Morgan fingerprint density at radius 3 is 2.57 bits per heavy atom. The Hall–Kier alpha value is -0.770. The van der Waals surface area contributed by atoms with Crippen molar-refractivity contribution < 1.29 is 9.53 Å². The Bertz CT molecular complexity index is 358. The Morgan fingerprint density at radius 1 is 1.29 bits per heavy atom. The van der Waals surface area contributed by atoms with Crippen molar-refractivity contribution in [3.05, 3.63) is 0 Å². The average Bonchev–Trinajstić information content (AvgIpc) is 3.19. The fourth-order valence-corrected chi connectivity index (χ4v) is 3.00. The number of carbonyl (C=O) groups excluding carboxylic acids is 1. The van der Waals surface area contributed by atoms with Crippen LogP contribution in [0.15, 0.2) is 0 Å². The van der Waals surface area contributed by atoms with Gasteiger partial charge in [-0.3, -0.25) is 0 Å². The molecule has 1 aliphatic heterocycles. The highest BCUT2D eigenvalue weighted by Gasteiger charge is 2.40. The topological polar surface area (TPSA) is 41.6 Å². The summed E-state index contributed by atoms with van der Waals surface area (Å²) in [6, 6.07) is 0.557. The minimum absolute atomic E-state index is 0.157. The van der Waals surface area contributed by atoms with E-state index in [1.807, 2.05) is 25.7 Å². The largest absolute Gasteiger partial charge is 0.444 e. The van der Waals surface area contributed by atoms with Crippen molar-refractivity contribution in [2.75, 3.05) is 19.6 Å². The number of ether oxygens (including phenoxy) is 1. The lowest BCUT2D eigenvalue weighted by atomic mass is 10.0. The summed E-state index contributed by atoms with van der Waals surface area (Å²) in [5.74, 6) is 0. The van der Waals surface area contributed by atoms with Crippen LogP contribution in [0.3, 0.4) is 0 Å². The average molecular weight is 296 g/mol. The van der Waals surface area contributed by atoms with Gasteiger partial charge in [-0.25, -0.2) is 4.79 Å². The van der Waals surface area contributed by atoms with Crippen molar-refractivity contribution in [2.24, 2.45) is 5.41 Å². The van der Waals surface area contributed by atoms with Gasteiger partial charge in [0.2, 0.25) is 0 Å². The van der Waals surface area contributed by atoms with Crippen LogP contribution in [0, 0.1) is 5.41 Å². The van der Waals surface area contributed by atoms with Crippen LogP contribution in [-0.4, -0.2) is 42.3 Å². The molecule has 2 fully saturated rings. The van der Waals surface area contributed by atoms with E-state index in [4.69, 9.17) is 4.74 Å². The Morgan fingerprint density at radius 2 is 2.00 bits per heavy atom. The summed E-state index contributed by atoms with van der Waals surface area (Å²) in [4.78, 5) is 14.0. The first-order valence-corrected chi connectivity index (χ1v) is 8.55. The first-order valence-electron chi connectivity index (χ1n) is 8.55. The lowest BCUT2D eigenvalue weighted by molar-refractivity contribution is 0.0256. The molecule has 4 nitrogen and oxygen atoms in total. The van der Waals surface area contributed by atoms with Crippen molar-refractivity contribution in [3.63, 3.8) is 0 Å². The van der Waals surface area contributed by atoms with Crippen LogP contribution in [0.25, 0.3) is 0 Å². The van der Waals surface area contributed by atoms with Gasteiger partial charge in [0.15, 0.2) is 0 Å². The zero-order valence-corrected chi connectivity index (χ0v) is 14.2. The highest BCUT2D eigenvalue weighted by molar-refractivity contribution is 5.68. The molecule has 0 aromatic carbocycles. The lowest BCUT2D eigenvalue weighted by Crippen LogP contribution is -2.38. The van der Waals surface area contributed by atoms with Gasteiger partial charge in [0.05, 0.1) is 0 Å². The summed E-state index contributed by atoms with van der Waals surface area (Å²) < 4.78 is 5.48. The predicted octanol–water partition coefficient (Wildman–Crippen LogP) is 3.56. The highest BCUT2D eigenvalue weighted by atomic mass is 16.6. The van der Waals surface area contributed by atoms with Crippen molar-refractivity contribution in [1.29, 1.82) is 0 Å². The zero-order chi connectivity index (χ0) is 15.5. The number of nitrogens with one attached hydrogen (secondary N) is 1. The highest BCUT2D eigenvalue weighted by Crippen LogP contribution is 2.48. The van der Waals surface area contributed by atoms with Crippen molar-refractivity contribution in [3.8, 4) is 0 Å². The van der Waals surface area contributed by atoms with E-state index >= 15 is 0 Å². The summed E-state index contributed by atoms with van der Waals surface area (Å²) in [6.45, 7) is 10.9. The second-order valence-corrected chi connectivity index (χ2v) is 7.83. The molecule has 0 aromatic heterocycles. The molecular formula is C17H32N2O2. The van der Waals surface area contributed by atoms with Gasteiger partial charge in [-0.1, -0.05) is 6.92 Å². The van der Waals surface area contributed by atoms with Crippen LogP contribution in [0.5, 0.6) is 0 Å². The summed E-state index contributed by atoms with van der Waals surface area (Å²) in [5.41, 5.74) is 0.192. The van der Waals surface area contributed by atoms with E-state index in [0.717, 1.165) is 32.5 Å².